The Balaban J connectivity index is 1.82. The molecule has 0 amide bonds. The number of hydrogen-bond donors (Lipinski definition) is 0. The number of ether oxygens (including phenoxy) is 3. The van der Waals surface area contributed by atoms with Crippen LogP contribution in [0.2, 0.25) is 0 Å². The van der Waals surface area contributed by atoms with Crippen LogP contribution in [0.4, 0.5) is 0 Å². The van der Waals surface area contributed by atoms with Crippen LogP contribution in [-0.2, 0) is 6.42 Å². The highest BCUT2D eigenvalue weighted by molar-refractivity contribution is 5.76. The summed E-state index contributed by atoms with van der Waals surface area (Å²) in [6.07, 6.45) is 3.00. The average Bonchev–Trinajstić information content (AvgIpc) is 2.60. The van der Waals surface area contributed by atoms with Gasteiger partial charge in [-0.1, -0.05) is 25.5 Å². The summed E-state index contributed by atoms with van der Waals surface area (Å²) in [5.74, 6) is 1.97. The maximum atomic E-state index is 10.8. The summed E-state index contributed by atoms with van der Waals surface area (Å²) in [6, 6.07) is 13.2. The molecule has 23 heavy (non-hydrogen) atoms. The number of carbonyl (C=O) groups excluding carboxylic acids is 1. The van der Waals surface area contributed by atoms with Gasteiger partial charge in [-0.3, -0.25) is 4.79 Å². The van der Waals surface area contributed by atoms with Crippen molar-refractivity contribution in [1.82, 2.24) is 0 Å². The lowest BCUT2D eigenvalue weighted by Gasteiger charge is -2.12. The van der Waals surface area contributed by atoms with Gasteiger partial charge in [0.05, 0.1) is 7.11 Å². The van der Waals surface area contributed by atoms with E-state index in [4.69, 9.17) is 14.2 Å². The maximum absolute atomic E-state index is 10.8. The van der Waals surface area contributed by atoms with E-state index in [1.165, 1.54) is 5.56 Å². The minimum Gasteiger partial charge on any atom is -0.493 e. The average molecular weight is 314 g/mol. The molecule has 0 aliphatic carbocycles. The van der Waals surface area contributed by atoms with Gasteiger partial charge in [0.2, 0.25) is 0 Å². The molecule has 0 aliphatic heterocycles. The van der Waals surface area contributed by atoms with Crippen molar-refractivity contribution in [2.45, 2.75) is 19.8 Å². The van der Waals surface area contributed by atoms with Crippen molar-refractivity contribution in [3.63, 3.8) is 0 Å². The minimum atomic E-state index is 0.396. The van der Waals surface area contributed by atoms with Gasteiger partial charge < -0.3 is 14.2 Å². The first-order valence-corrected chi connectivity index (χ1v) is 7.74. The number of aryl methyl sites for hydroxylation is 1. The SMILES string of the molecule is CCCc1ccc(OCCOc2ccc(C=O)cc2OC)cc1. The molecule has 2 aromatic rings. The first-order chi connectivity index (χ1) is 11.3. The highest BCUT2D eigenvalue weighted by atomic mass is 16.5. The van der Waals surface area contributed by atoms with Crippen molar-refractivity contribution >= 4 is 6.29 Å². The van der Waals surface area contributed by atoms with Crippen molar-refractivity contribution in [2.75, 3.05) is 20.3 Å². The van der Waals surface area contributed by atoms with Gasteiger partial charge >= 0.3 is 0 Å². The van der Waals surface area contributed by atoms with Crippen LogP contribution in [0.1, 0.15) is 29.3 Å². The second-order valence-corrected chi connectivity index (χ2v) is 5.12. The molecule has 0 atom stereocenters. The zero-order valence-corrected chi connectivity index (χ0v) is 13.6. The number of methoxy groups -OCH3 is 1. The first kappa shape index (κ1) is 16.9. The Kier molecular flexibility index (Phi) is 6.48. The molecule has 0 spiro atoms. The Labute approximate surface area is 137 Å². The van der Waals surface area contributed by atoms with Crippen LogP contribution in [-0.4, -0.2) is 26.6 Å². The minimum absolute atomic E-state index is 0.396. The Morgan fingerprint density at radius 1 is 0.957 bits per heavy atom. The molecule has 0 N–H and O–H groups in total. The molecule has 122 valence electrons. The molecule has 0 heterocycles. The molecule has 0 unspecified atom stereocenters. The molecule has 4 heteroatoms. The molecule has 0 radical (unpaired) electrons. The van der Waals surface area contributed by atoms with Crippen LogP contribution in [0, 0.1) is 0 Å². The highest BCUT2D eigenvalue weighted by Gasteiger charge is 2.05. The molecule has 4 nitrogen and oxygen atoms in total. The number of rotatable bonds is 9. The van der Waals surface area contributed by atoms with Crippen molar-refractivity contribution in [3.8, 4) is 17.2 Å². The van der Waals surface area contributed by atoms with Crippen LogP contribution < -0.4 is 14.2 Å². The fourth-order valence-corrected chi connectivity index (χ4v) is 2.23. The second kappa shape index (κ2) is 8.83. The highest BCUT2D eigenvalue weighted by Crippen LogP contribution is 2.27. The Morgan fingerprint density at radius 2 is 1.70 bits per heavy atom. The topological polar surface area (TPSA) is 44.8 Å². The summed E-state index contributed by atoms with van der Waals surface area (Å²) >= 11 is 0. The number of benzene rings is 2. The van der Waals surface area contributed by atoms with Crippen LogP contribution >= 0.6 is 0 Å². The lowest BCUT2D eigenvalue weighted by Crippen LogP contribution is -2.09. The van der Waals surface area contributed by atoms with Crippen molar-refractivity contribution < 1.29 is 19.0 Å². The van der Waals surface area contributed by atoms with Crippen LogP contribution in [0.5, 0.6) is 17.2 Å². The summed E-state index contributed by atoms with van der Waals surface area (Å²) < 4.78 is 16.5. The summed E-state index contributed by atoms with van der Waals surface area (Å²) in [5, 5.41) is 0. The molecule has 0 saturated heterocycles. The lowest BCUT2D eigenvalue weighted by atomic mass is 10.1. The van der Waals surface area contributed by atoms with E-state index in [-0.39, 0.29) is 0 Å². The Morgan fingerprint density at radius 3 is 2.35 bits per heavy atom. The molecule has 0 bridgehead atoms. The third kappa shape index (κ3) is 5.02. The van der Waals surface area contributed by atoms with E-state index in [1.54, 1.807) is 25.3 Å². The van der Waals surface area contributed by atoms with Crippen molar-refractivity contribution in [3.05, 3.63) is 53.6 Å². The van der Waals surface area contributed by atoms with E-state index in [2.05, 4.69) is 19.1 Å². The van der Waals surface area contributed by atoms with E-state index in [0.29, 0.717) is 30.3 Å². The monoisotopic (exact) mass is 314 g/mol. The second-order valence-electron chi connectivity index (χ2n) is 5.12. The van der Waals surface area contributed by atoms with Crippen LogP contribution in [0.15, 0.2) is 42.5 Å². The van der Waals surface area contributed by atoms with E-state index in [9.17, 15) is 4.79 Å². The largest absolute Gasteiger partial charge is 0.493 e. The van der Waals surface area contributed by atoms with Gasteiger partial charge in [-0.2, -0.15) is 0 Å². The van der Waals surface area contributed by atoms with Gasteiger partial charge in [0.1, 0.15) is 25.2 Å². The predicted molar refractivity (Wildman–Crippen MR) is 89.8 cm³/mol. The third-order valence-electron chi connectivity index (χ3n) is 3.40. The zero-order valence-electron chi connectivity index (χ0n) is 13.6. The van der Waals surface area contributed by atoms with E-state index >= 15 is 0 Å². The molecule has 0 fully saturated rings. The van der Waals surface area contributed by atoms with E-state index in [0.717, 1.165) is 24.9 Å². The van der Waals surface area contributed by atoms with Gasteiger partial charge in [-0.15, -0.1) is 0 Å². The van der Waals surface area contributed by atoms with Crippen LogP contribution in [0.25, 0.3) is 0 Å². The summed E-state index contributed by atoms with van der Waals surface area (Å²) in [4.78, 5) is 10.8. The molecular formula is C19H22O4. The molecule has 0 aliphatic rings. The third-order valence-corrected chi connectivity index (χ3v) is 3.40. The number of carbonyl (C=O) groups is 1. The van der Waals surface area contributed by atoms with Gasteiger partial charge in [0, 0.05) is 5.56 Å². The van der Waals surface area contributed by atoms with Crippen molar-refractivity contribution in [1.29, 1.82) is 0 Å². The van der Waals surface area contributed by atoms with Crippen molar-refractivity contribution in [2.24, 2.45) is 0 Å². The molecule has 2 aromatic carbocycles. The fourth-order valence-electron chi connectivity index (χ4n) is 2.23. The van der Waals surface area contributed by atoms with Gasteiger partial charge in [-0.25, -0.2) is 0 Å². The van der Waals surface area contributed by atoms with E-state index in [1.807, 2.05) is 12.1 Å². The smallest absolute Gasteiger partial charge is 0.161 e. The summed E-state index contributed by atoms with van der Waals surface area (Å²) in [7, 11) is 1.55. The normalized spacial score (nSPS) is 10.2. The summed E-state index contributed by atoms with van der Waals surface area (Å²) in [6.45, 7) is 3.00. The molecule has 0 aromatic heterocycles. The molecule has 2 rings (SSSR count). The first-order valence-electron chi connectivity index (χ1n) is 7.74. The number of aldehydes is 1. The number of hydrogen-bond acceptors (Lipinski definition) is 4. The van der Waals surface area contributed by atoms with E-state index < -0.39 is 0 Å². The maximum Gasteiger partial charge on any atom is 0.161 e. The standard InChI is InChI=1S/C19H22O4/c1-3-4-15-5-8-17(9-6-15)22-11-12-23-18-10-7-16(14-20)13-19(18)21-2/h5-10,13-14H,3-4,11-12H2,1-2H3. The Hall–Kier alpha value is -2.49. The molecule has 0 saturated carbocycles. The van der Waals surface area contributed by atoms with Gasteiger partial charge in [-0.05, 0) is 42.3 Å². The predicted octanol–water partition coefficient (Wildman–Crippen LogP) is 3.92. The van der Waals surface area contributed by atoms with Gasteiger partial charge in [0.15, 0.2) is 11.5 Å². The quantitative estimate of drug-likeness (QED) is 0.520. The fraction of sp³-hybridized carbons (Fsp3) is 0.316. The van der Waals surface area contributed by atoms with Gasteiger partial charge in [0.25, 0.3) is 0 Å². The Bertz CT molecular complexity index is 620. The summed E-state index contributed by atoms with van der Waals surface area (Å²) in [5.41, 5.74) is 1.87. The van der Waals surface area contributed by atoms with Crippen LogP contribution in [0.3, 0.4) is 0 Å². The zero-order chi connectivity index (χ0) is 16.5. The molecular weight excluding hydrogens is 292 g/mol. The lowest BCUT2D eigenvalue weighted by molar-refractivity contribution is 0.112.